The van der Waals surface area contributed by atoms with E-state index in [0.717, 1.165) is 0 Å². The summed E-state index contributed by atoms with van der Waals surface area (Å²) in [5, 5.41) is 0. The highest BCUT2D eigenvalue weighted by Crippen LogP contribution is 2.22. The van der Waals surface area contributed by atoms with Gasteiger partial charge < -0.3 is 5.43 Å². The van der Waals surface area contributed by atoms with Gasteiger partial charge in [0.15, 0.2) is 0 Å². The van der Waals surface area contributed by atoms with Gasteiger partial charge in [0.05, 0.1) is 0 Å². The standard InChI is InChI=1S/C6H13N3/c1-5-3-4-6(5)8-9-7-2/h4-5,7-9H,3H2,1-2H3/t5-/m0/s1. The maximum absolute atomic E-state index is 3.02. The first-order valence-corrected chi connectivity index (χ1v) is 3.22. The molecule has 1 rings (SSSR count). The normalized spacial score (nSPS) is 24.7. The summed E-state index contributed by atoms with van der Waals surface area (Å²) in [6.45, 7) is 2.19. The molecular weight excluding hydrogens is 114 g/mol. The highest BCUT2D eigenvalue weighted by molar-refractivity contribution is 5.13. The molecular formula is C6H13N3. The lowest BCUT2D eigenvalue weighted by molar-refractivity contribution is 0.448. The van der Waals surface area contributed by atoms with Crippen molar-refractivity contribution < 1.29 is 0 Å². The van der Waals surface area contributed by atoms with Crippen LogP contribution in [-0.4, -0.2) is 7.05 Å². The minimum absolute atomic E-state index is 0.700. The molecule has 0 aliphatic heterocycles. The molecule has 3 nitrogen and oxygen atoms in total. The van der Waals surface area contributed by atoms with Crippen LogP contribution >= 0.6 is 0 Å². The summed E-state index contributed by atoms with van der Waals surface area (Å²) in [6, 6.07) is 0. The molecule has 1 atom stereocenters. The number of hydrogen-bond donors (Lipinski definition) is 3. The van der Waals surface area contributed by atoms with Gasteiger partial charge in [-0.2, -0.15) is 5.53 Å². The summed E-state index contributed by atoms with van der Waals surface area (Å²) in [5.74, 6) is 0.700. The van der Waals surface area contributed by atoms with E-state index in [1.54, 1.807) is 0 Å². The van der Waals surface area contributed by atoms with Crippen molar-refractivity contribution in [2.45, 2.75) is 13.3 Å². The van der Waals surface area contributed by atoms with E-state index >= 15 is 0 Å². The Labute approximate surface area is 55.5 Å². The summed E-state index contributed by atoms with van der Waals surface area (Å²) in [7, 11) is 1.83. The number of hydrazine groups is 2. The Balaban J connectivity index is 2.14. The van der Waals surface area contributed by atoms with E-state index < -0.39 is 0 Å². The van der Waals surface area contributed by atoms with Gasteiger partial charge in [-0.25, -0.2) is 5.43 Å². The third-order valence-electron chi connectivity index (χ3n) is 1.55. The van der Waals surface area contributed by atoms with Crippen LogP contribution < -0.4 is 16.4 Å². The fourth-order valence-electron chi connectivity index (χ4n) is 0.780. The van der Waals surface area contributed by atoms with Crippen LogP contribution in [0.1, 0.15) is 13.3 Å². The monoisotopic (exact) mass is 127 g/mol. The Morgan fingerprint density at radius 1 is 1.67 bits per heavy atom. The molecule has 9 heavy (non-hydrogen) atoms. The maximum atomic E-state index is 3.02. The Kier molecular flexibility index (Phi) is 2.08. The fraction of sp³-hybridized carbons (Fsp3) is 0.667. The van der Waals surface area contributed by atoms with Gasteiger partial charge in [0, 0.05) is 18.7 Å². The predicted octanol–water partition coefficient (Wildman–Crippen LogP) is 0.139. The fourth-order valence-corrected chi connectivity index (χ4v) is 0.780. The molecule has 52 valence electrons. The summed E-state index contributed by atoms with van der Waals surface area (Å²) >= 11 is 0. The van der Waals surface area contributed by atoms with E-state index in [-0.39, 0.29) is 0 Å². The van der Waals surface area contributed by atoms with Gasteiger partial charge in [0.1, 0.15) is 0 Å². The average Bonchev–Trinajstić information content (AvgIpc) is 1.86. The summed E-state index contributed by atoms with van der Waals surface area (Å²) in [6.07, 6.45) is 3.38. The molecule has 0 bridgehead atoms. The van der Waals surface area contributed by atoms with Crippen molar-refractivity contribution in [3.63, 3.8) is 0 Å². The molecule has 0 spiro atoms. The van der Waals surface area contributed by atoms with E-state index in [2.05, 4.69) is 29.4 Å². The molecule has 0 aromatic rings. The van der Waals surface area contributed by atoms with E-state index in [1.807, 2.05) is 7.05 Å². The second-order valence-corrected chi connectivity index (χ2v) is 2.30. The third kappa shape index (κ3) is 1.43. The molecule has 0 amide bonds. The van der Waals surface area contributed by atoms with Crippen LogP contribution in [0.3, 0.4) is 0 Å². The highest BCUT2D eigenvalue weighted by Gasteiger charge is 2.14. The van der Waals surface area contributed by atoms with Gasteiger partial charge in [-0.05, 0) is 6.42 Å². The Bertz CT molecular complexity index is 119. The smallest absolute Gasteiger partial charge is 0.0267 e. The van der Waals surface area contributed by atoms with Crippen LogP contribution in [0.5, 0.6) is 0 Å². The van der Waals surface area contributed by atoms with Crippen LogP contribution in [-0.2, 0) is 0 Å². The molecule has 0 fully saturated rings. The van der Waals surface area contributed by atoms with Crippen molar-refractivity contribution in [2.75, 3.05) is 7.05 Å². The minimum Gasteiger partial charge on any atom is -0.312 e. The second kappa shape index (κ2) is 2.85. The lowest BCUT2D eigenvalue weighted by Gasteiger charge is -2.24. The minimum atomic E-state index is 0.700. The Morgan fingerprint density at radius 2 is 2.44 bits per heavy atom. The van der Waals surface area contributed by atoms with E-state index in [1.165, 1.54) is 12.1 Å². The molecule has 1 aliphatic carbocycles. The highest BCUT2D eigenvalue weighted by atomic mass is 15.6. The Hall–Kier alpha value is -0.540. The first-order chi connectivity index (χ1) is 4.34. The van der Waals surface area contributed by atoms with E-state index in [0.29, 0.717) is 5.92 Å². The predicted molar refractivity (Wildman–Crippen MR) is 37.2 cm³/mol. The lowest BCUT2D eigenvalue weighted by atomic mass is 9.93. The van der Waals surface area contributed by atoms with Gasteiger partial charge in [-0.1, -0.05) is 13.0 Å². The van der Waals surface area contributed by atoms with Crippen molar-refractivity contribution >= 4 is 0 Å². The molecule has 0 heterocycles. The zero-order valence-electron chi connectivity index (χ0n) is 5.86. The van der Waals surface area contributed by atoms with Crippen LogP contribution in [0.4, 0.5) is 0 Å². The number of hydrogen-bond acceptors (Lipinski definition) is 3. The molecule has 0 saturated heterocycles. The van der Waals surface area contributed by atoms with Crippen LogP contribution in [0, 0.1) is 5.92 Å². The van der Waals surface area contributed by atoms with Crippen molar-refractivity contribution in [1.82, 2.24) is 16.4 Å². The Morgan fingerprint density at radius 3 is 2.78 bits per heavy atom. The van der Waals surface area contributed by atoms with Crippen LogP contribution in [0.25, 0.3) is 0 Å². The summed E-state index contributed by atoms with van der Waals surface area (Å²) < 4.78 is 0. The number of rotatable bonds is 3. The molecule has 0 unspecified atom stereocenters. The van der Waals surface area contributed by atoms with Gasteiger partial charge >= 0.3 is 0 Å². The summed E-state index contributed by atoms with van der Waals surface area (Å²) in [5.41, 5.74) is 9.90. The molecule has 1 aliphatic rings. The van der Waals surface area contributed by atoms with E-state index in [9.17, 15) is 0 Å². The van der Waals surface area contributed by atoms with Gasteiger partial charge in [-0.3, -0.25) is 0 Å². The summed E-state index contributed by atoms with van der Waals surface area (Å²) in [4.78, 5) is 0. The maximum Gasteiger partial charge on any atom is 0.0267 e. The SMILES string of the molecule is CNNNC1=CC[C@@H]1C. The molecule has 0 aromatic carbocycles. The van der Waals surface area contributed by atoms with Crippen LogP contribution in [0.2, 0.25) is 0 Å². The zero-order valence-corrected chi connectivity index (χ0v) is 5.86. The first-order valence-electron chi connectivity index (χ1n) is 3.22. The van der Waals surface area contributed by atoms with Crippen molar-refractivity contribution in [1.29, 1.82) is 0 Å². The zero-order chi connectivity index (χ0) is 6.69. The van der Waals surface area contributed by atoms with Gasteiger partial charge in [0.2, 0.25) is 0 Å². The molecule has 0 saturated carbocycles. The second-order valence-electron chi connectivity index (χ2n) is 2.30. The van der Waals surface area contributed by atoms with Gasteiger partial charge in [0.25, 0.3) is 0 Å². The first kappa shape index (κ1) is 6.58. The number of nitrogens with one attached hydrogen (secondary N) is 3. The molecule has 0 aromatic heterocycles. The quantitative estimate of drug-likeness (QED) is 0.472. The van der Waals surface area contributed by atoms with Crippen molar-refractivity contribution in [3.05, 3.63) is 11.8 Å². The molecule has 3 heteroatoms. The third-order valence-corrected chi connectivity index (χ3v) is 1.55. The molecule has 3 N–H and O–H groups in total. The largest absolute Gasteiger partial charge is 0.312 e. The number of allylic oxidation sites excluding steroid dienone is 2. The van der Waals surface area contributed by atoms with Crippen molar-refractivity contribution in [2.24, 2.45) is 5.92 Å². The average molecular weight is 127 g/mol. The van der Waals surface area contributed by atoms with Crippen molar-refractivity contribution in [3.8, 4) is 0 Å². The van der Waals surface area contributed by atoms with Crippen LogP contribution in [0.15, 0.2) is 11.8 Å². The van der Waals surface area contributed by atoms with Gasteiger partial charge in [-0.15, -0.1) is 0 Å². The van der Waals surface area contributed by atoms with E-state index in [4.69, 9.17) is 0 Å². The molecule has 0 radical (unpaired) electrons. The lowest BCUT2D eigenvalue weighted by Crippen LogP contribution is -2.43. The topological polar surface area (TPSA) is 36.1 Å².